The zero-order valence-electron chi connectivity index (χ0n) is 10.8. The van der Waals surface area contributed by atoms with E-state index in [1.54, 1.807) is 6.92 Å². The fourth-order valence-corrected chi connectivity index (χ4v) is 2.32. The van der Waals surface area contributed by atoms with Gasteiger partial charge in [0.05, 0.1) is 5.54 Å². The molecule has 92 valence electrons. The summed E-state index contributed by atoms with van der Waals surface area (Å²) in [5.74, 6) is 0. The van der Waals surface area contributed by atoms with E-state index in [0.29, 0.717) is 12.8 Å². The molecule has 0 radical (unpaired) electrons. The molecule has 0 heterocycles. The minimum absolute atomic E-state index is 0.0444. The Morgan fingerprint density at radius 1 is 1.31 bits per heavy atom. The second-order valence-corrected chi connectivity index (χ2v) is 5.12. The number of alkyl halides is 1. The quantitative estimate of drug-likeness (QED) is 0.652. The largest absolute Gasteiger partial charge is 0.372 e. The Kier molecular flexibility index (Phi) is 4.17. The number of allylic oxidation sites excluding steroid dienone is 1. The lowest BCUT2D eigenvalue weighted by Gasteiger charge is -2.45. The second kappa shape index (κ2) is 5.03. The van der Waals surface area contributed by atoms with Gasteiger partial charge < -0.3 is 4.90 Å². The van der Waals surface area contributed by atoms with Crippen LogP contribution in [0.4, 0.5) is 4.39 Å². The molecule has 0 aromatic carbocycles. The monoisotopic (exact) mass is 225 g/mol. The molecule has 1 aliphatic carbocycles. The topological polar surface area (TPSA) is 3.24 Å². The molecule has 0 spiro atoms. The molecule has 1 fully saturated rings. The number of nitrogens with zero attached hydrogens (tertiary/aromatic N) is 1. The summed E-state index contributed by atoms with van der Waals surface area (Å²) in [7, 11) is 2.06. The third-order valence-corrected chi connectivity index (χ3v) is 3.81. The molecule has 0 N–H and O–H groups in total. The van der Waals surface area contributed by atoms with Crippen molar-refractivity contribution in [2.75, 3.05) is 7.05 Å². The second-order valence-electron chi connectivity index (χ2n) is 5.12. The van der Waals surface area contributed by atoms with Gasteiger partial charge in [-0.25, -0.2) is 4.39 Å². The molecule has 0 unspecified atom stereocenters. The standard InChI is InChI=1S/C14H24FN/c1-5-7-12-16(4)14(6-2)10-8-13(3,15)9-11-14/h6-7,12H,2,5,8-11H2,1,3-4H3/b12-7+. The van der Waals surface area contributed by atoms with Crippen molar-refractivity contribution in [1.82, 2.24) is 4.90 Å². The Labute approximate surface area is 99.0 Å². The van der Waals surface area contributed by atoms with Crippen LogP contribution in [0.3, 0.4) is 0 Å². The van der Waals surface area contributed by atoms with Crippen molar-refractivity contribution >= 4 is 0 Å². The molecule has 0 bridgehead atoms. The Morgan fingerprint density at radius 3 is 2.31 bits per heavy atom. The molecule has 0 aliphatic heterocycles. The van der Waals surface area contributed by atoms with Gasteiger partial charge in [0.25, 0.3) is 0 Å². The highest BCUT2D eigenvalue weighted by molar-refractivity contribution is 5.10. The fourth-order valence-electron chi connectivity index (χ4n) is 2.32. The summed E-state index contributed by atoms with van der Waals surface area (Å²) < 4.78 is 13.8. The molecular formula is C14H24FN. The lowest BCUT2D eigenvalue weighted by atomic mass is 9.75. The van der Waals surface area contributed by atoms with Crippen LogP contribution in [-0.2, 0) is 0 Å². The number of hydrogen-bond acceptors (Lipinski definition) is 1. The highest BCUT2D eigenvalue weighted by Gasteiger charge is 2.40. The normalized spacial score (nSPS) is 35.2. The van der Waals surface area contributed by atoms with Gasteiger partial charge in [-0.15, -0.1) is 6.58 Å². The van der Waals surface area contributed by atoms with Crippen LogP contribution in [0.15, 0.2) is 24.9 Å². The smallest absolute Gasteiger partial charge is 0.108 e. The maximum Gasteiger partial charge on any atom is 0.108 e. The number of likely N-dealkylation sites (N-methyl/N-ethyl adjacent to an activating group) is 1. The zero-order valence-corrected chi connectivity index (χ0v) is 10.8. The van der Waals surface area contributed by atoms with Gasteiger partial charge >= 0.3 is 0 Å². The Morgan fingerprint density at radius 2 is 1.88 bits per heavy atom. The van der Waals surface area contributed by atoms with Gasteiger partial charge in [-0.05, 0) is 45.2 Å². The van der Waals surface area contributed by atoms with Crippen LogP contribution in [0.1, 0.15) is 46.0 Å². The summed E-state index contributed by atoms with van der Waals surface area (Å²) in [5, 5.41) is 0. The predicted octanol–water partition coefficient (Wildman–Crippen LogP) is 4.07. The molecule has 1 nitrogen and oxygen atoms in total. The van der Waals surface area contributed by atoms with Crippen molar-refractivity contribution < 1.29 is 4.39 Å². The van der Waals surface area contributed by atoms with Crippen LogP contribution >= 0.6 is 0 Å². The predicted molar refractivity (Wildman–Crippen MR) is 68.1 cm³/mol. The average Bonchev–Trinajstić information content (AvgIpc) is 2.27. The van der Waals surface area contributed by atoms with E-state index in [4.69, 9.17) is 0 Å². The van der Waals surface area contributed by atoms with Crippen molar-refractivity contribution in [2.45, 2.75) is 57.2 Å². The molecule has 0 atom stereocenters. The summed E-state index contributed by atoms with van der Waals surface area (Å²) in [5.41, 5.74) is -1.03. The Balaban J connectivity index is 2.73. The van der Waals surface area contributed by atoms with Crippen LogP contribution in [0, 0.1) is 0 Å². The first-order valence-electron chi connectivity index (χ1n) is 6.18. The van der Waals surface area contributed by atoms with Gasteiger partial charge in [-0.2, -0.15) is 0 Å². The first-order valence-corrected chi connectivity index (χ1v) is 6.18. The molecular weight excluding hydrogens is 201 g/mol. The maximum atomic E-state index is 13.8. The van der Waals surface area contributed by atoms with Crippen molar-refractivity contribution in [3.05, 3.63) is 24.9 Å². The molecule has 1 aliphatic rings. The van der Waals surface area contributed by atoms with Crippen LogP contribution in [0.2, 0.25) is 0 Å². The lowest BCUT2D eigenvalue weighted by Crippen LogP contribution is -2.47. The van der Waals surface area contributed by atoms with Gasteiger partial charge in [0.2, 0.25) is 0 Å². The van der Waals surface area contributed by atoms with Crippen LogP contribution in [-0.4, -0.2) is 23.2 Å². The van der Waals surface area contributed by atoms with Crippen molar-refractivity contribution in [2.24, 2.45) is 0 Å². The minimum Gasteiger partial charge on any atom is -0.372 e. The number of rotatable bonds is 4. The van der Waals surface area contributed by atoms with E-state index in [9.17, 15) is 4.39 Å². The molecule has 0 aromatic rings. The van der Waals surface area contributed by atoms with Gasteiger partial charge in [0, 0.05) is 7.05 Å². The molecule has 1 rings (SSSR count). The van der Waals surface area contributed by atoms with Crippen molar-refractivity contribution in [3.8, 4) is 0 Å². The van der Waals surface area contributed by atoms with Gasteiger partial charge in [0.1, 0.15) is 5.67 Å². The number of hydrogen-bond donors (Lipinski definition) is 0. The molecule has 0 saturated heterocycles. The van der Waals surface area contributed by atoms with Crippen LogP contribution in [0.5, 0.6) is 0 Å². The summed E-state index contributed by atoms with van der Waals surface area (Å²) >= 11 is 0. The summed E-state index contributed by atoms with van der Waals surface area (Å²) in [6, 6.07) is 0. The zero-order chi connectivity index (χ0) is 12.2. The Bertz CT molecular complexity index is 258. The fraction of sp³-hybridized carbons (Fsp3) is 0.714. The third-order valence-electron chi connectivity index (χ3n) is 3.81. The highest BCUT2D eigenvalue weighted by atomic mass is 19.1. The van der Waals surface area contributed by atoms with Gasteiger partial charge in [-0.3, -0.25) is 0 Å². The summed E-state index contributed by atoms with van der Waals surface area (Å²) in [4.78, 5) is 2.19. The first kappa shape index (κ1) is 13.3. The van der Waals surface area contributed by atoms with Crippen molar-refractivity contribution in [3.63, 3.8) is 0 Å². The molecule has 16 heavy (non-hydrogen) atoms. The molecule has 2 heteroatoms. The SMILES string of the molecule is C=CC1(N(C)/C=C/CC)CCC(C)(F)CC1. The highest BCUT2D eigenvalue weighted by Crippen LogP contribution is 2.40. The van der Waals surface area contributed by atoms with Crippen LogP contribution < -0.4 is 0 Å². The van der Waals surface area contributed by atoms with E-state index in [-0.39, 0.29) is 5.54 Å². The number of halogens is 1. The minimum atomic E-state index is -0.984. The van der Waals surface area contributed by atoms with Gasteiger partial charge in [0.15, 0.2) is 0 Å². The van der Waals surface area contributed by atoms with E-state index in [2.05, 4.69) is 37.7 Å². The summed E-state index contributed by atoms with van der Waals surface area (Å²) in [6.45, 7) is 7.76. The first-order chi connectivity index (χ1) is 7.46. The van der Waals surface area contributed by atoms with E-state index < -0.39 is 5.67 Å². The van der Waals surface area contributed by atoms with Crippen molar-refractivity contribution in [1.29, 1.82) is 0 Å². The maximum absolute atomic E-state index is 13.8. The summed E-state index contributed by atoms with van der Waals surface area (Å²) in [6.07, 6.45) is 10.2. The lowest BCUT2D eigenvalue weighted by molar-refractivity contribution is 0.0586. The molecule has 0 amide bonds. The van der Waals surface area contributed by atoms with Gasteiger partial charge in [-0.1, -0.05) is 19.1 Å². The third kappa shape index (κ3) is 2.87. The average molecular weight is 225 g/mol. The Hall–Kier alpha value is -0.790. The van der Waals surface area contributed by atoms with E-state index in [1.165, 1.54) is 0 Å². The van der Waals surface area contributed by atoms with E-state index in [1.807, 2.05) is 6.08 Å². The molecule has 1 saturated carbocycles. The molecule has 0 aromatic heterocycles. The van der Waals surface area contributed by atoms with Crippen LogP contribution in [0.25, 0.3) is 0 Å². The van der Waals surface area contributed by atoms with E-state index in [0.717, 1.165) is 19.3 Å². The van der Waals surface area contributed by atoms with E-state index >= 15 is 0 Å².